The van der Waals surface area contributed by atoms with Crippen LogP contribution in [0.3, 0.4) is 0 Å². The van der Waals surface area contributed by atoms with Gasteiger partial charge in [0, 0.05) is 5.56 Å². The zero-order valence-electron chi connectivity index (χ0n) is 23.0. The number of hydrogen-bond donors (Lipinski definition) is 0. The van der Waals surface area contributed by atoms with Gasteiger partial charge < -0.3 is 28.4 Å². The fourth-order valence-corrected chi connectivity index (χ4v) is 5.36. The molecular formula is C35H36O6. The van der Waals surface area contributed by atoms with Crippen LogP contribution in [0.2, 0.25) is 0 Å². The Labute approximate surface area is 241 Å². The highest BCUT2D eigenvalue weighted by Crippen LogP contribution is 2.37. The fourth-order valence-electron chi connectivity index (χ4n) is 5.36. The van der Waals surface area contributed by atoms with E-state index in [1.54, 1.807) is 0 Å². The summed E-state index contributed by atoms with van der Waals surface area (Å²) >= 11 is 0. The minimum absolute atomic E-state index is 0.322. The summed E-state index contributed by atoms with van der Waals surface area (Å²) in [7, 11) is 0. The van der Waals surface area contributed by atoms with Crippen LogP contribution in [0.4, 0.5) is 0 Å². The van der Waals surface area contributed by atoms with E-state index >= 15 is 0 Å². The third-order valence-corrected chi connectivity index (χ3v) is 7.46. The molecule has 0 radical (unpaired) electrons. The van der Waals surface area contributed by atoms with Gasteiger partial charge >= 0.3 is 0 Å². The second kappa shape index (κ2) is 14.0. The van der Waals surface area contributed by atoms with Gasteiger partial charge in [-0.1, -0.05) is 121 Å². The lowest BCUT2D eigenvalue weighted by Crippen LogP contribution is -2.64. The number of fused-ring (bicyclic) bond motifs is 1. The minimum atomic E-state index is -0.510. The van der Waals surface area contributed by atoms with Crippen molar-refractivity contribution in [2.24, 2.45) is 0 Å². The van der Waals surface area contributed by atoms with E-state index in [0.29, 0.717) is 33.0 Å². The third kappa shape index (κ3) is 7.29. The Morgan fingerprint density at radius 1 is 0.561 bits per heavy atom. The maximum atomic E-state index is 6.68. The van der Waals surface area contributed by atoms with Gasteiger partial charge in [0.05, 0.1) is 33.0 Å². The number of ether oxygens (including phenoxy) is 6. The summed E-state index contributed by atoms with van der Waals surface area (Å²) in [4.78, 5) is 0. The van der Waals surface area contributed by atoms with Crippen LogP contribution in [0.15, 0.2) is 121 Å². The highest BCUT2D eigenvalue weighted by molar-refractivity contribution is 5.18. The maximum absolute atomic E-state index is 6.68. The van der Waals surface area contributed by atoms with E-state index in [0.717, 1.165) is 22.3 Å². The summed E-state index contributed by atoms with van der Waals surface area (Å²) in [5.74, 6) is 0. The molecular weight excluding hydrogens is 516 g/mol. The lowest BCUT2D eigenvalue weighted by Gasteiger charge is -2.49. The minimum Gasteiger partial charge on any atom is -0.374 e. The van der Waals surface area contributed by atoms with Crippen LogP contribution in [0.25, 0.3) is 0 Å². The van der Waals surface area contributed by atoms with E-state index in [1.807, 2.05) is 84.9 Å². The first kappa shape index (κ1) is 27.8. The molecule has 2 saturated heterocycles. The molecule has 6 nitrogen and oxygen atoms in total. The molecule has 0 aromatic heterocycles. The summed E-state index contributed by atoms with van der Waals surface area (Å²) < 4.78 is 38.8. The Kier molecular flexibility index (Phi) is 9.50. The average Bonchev–Trinajstić information content (AvgIpc) is 3.04. The first-order chi connectivity index (χ1) is 20.3. The Morgan fingerprint density at radius 3 is 1.66 bits per heavy atom. The fraction of sp³-hybridized carbons (Fsp3) is 0.314. The Morgan fingerprint density at radius 2 is 1.07 bits per heavy atom. The van der Waals surface area contributed by atoms with Crippen molar-refractivity contribution in [2.75, 3.05) is 13.2 Å². The largest absolute Gasteiger partial charge is 0.374 e. The molecule has 0 saturated carbocycles. The van der Waals surface area contributed by atoms with Crippen molar-refractivity contribution in [3.63, 3.8) is 0 Å². The summed E-state index contributed by atoms with van der Waals surface area (Å²) in [6, 6.07) is 40.4. The van der Waals surface area contributed by atoms with Gasteiger partial charge in [0.2, 0.25) is 0 Å². The normalized spacial score (nSPS) is 25.9. The first-order valence-electron chi connectivity index (χ1n) is 14.2. The zero-order valence-corrected chi connectivity index (χ0v) is 23.0. The van der Waals surface area contributed by atoms with Crippen LogP contribution < -0.4 is 0 Å². The van der Waals surface area contributed by atoms with Crippen LogP contribution in [0, 0.1) is 0 Å². The molecule has 2 unspecified atom stereocenters. The maximum Gasteiger partial charge on any atom is 0.184 e. The molecule has 2 aliphatic heterocycles. The topological polar surface area (TPSA) is 55.4 Å². The Bertz CT molecular complexity index is 1300. The molecule has 4 aromatic carbocycles. The first-order valence-corrected chi connectivity index (χ1v) is 14.2. The quantitative estimate of drug-likeness (QED) is 0.219. The summed E-state index contributed by atoms with van der Waals surface area (Å²) in [5, 5.41) is 0. The van der Waals surface area contributed by atoms with E-state index in [4.69, 9.17) is 28.4 Å². The van der Waals surface area contributed by atoms with Crippen LogP contribution in [-0.4, -0.2) is 43.7 Å². The molecule has 0 bridgehead atoms. The molecule has 6 rings (SSSR count). The average molecular weight is 553 g/mol. The number of hydrogen-bond acceptors (Lipinski definition) is 6. The molecule has 0 aliphatic carbocycles. The number of benzene rings is 4. The van der Waals surface area contributed by atoms with Crippen molar-refractivity contribution in [2.45, 2.75) is 56.6 Å². The highest BCUT2D eigenvalue weighted by Gasteiger charge is 2.51. The second-order valence-electron chi connectivity index (χ2n) is 10.4. The van der Waals surface area contributed by atoms with Crippen LogP contribution in [0.1, 0.15) is 28.5 Å². The van der Waals surface area contributed by atoms with Gasteiger partial charge in [0.25, 0.3) is 0 Å². The SMILES string of the molecule is c1ccc(COC[C@H]2O[C@H]3COC(c4ccccc4)OC3[C@@H](OCc3ccccc3)[C@@H]2OCc2ccccc2)cc1. The molecule has 2 heterocycles. The molecule has 0 spiro atoms. The van der Waals surface area contributed by atoms with Gasteiger partial charge in [0.1, 0.15) is 30.5 Å². The van der Waals surface area contributed by atoms with Crippen molar-refractivity contribution >= 4 is 0 Å². The van der Waals surface area contributed by atoms with Crippen molar-refractivity contribution in [1.29, 1.82) is 0 Å². The second-order valence-corrected chi connectivity index (χ2v) is 10.4. The van der Waals surface area contributed by atoms with Crippen molar-refractivity contribution in [3.8, 4) is 0 Å². The zero-order chi connectivity index (χ0) is 27.7. The summed E-state index contributed by atoms with van der Waals surface area (Å²) in [6.45, 7) is 2.07. The van der Waals surface area contributed by atoms with Crippen LogP contribution in [-0.2, 0) is 48.2 Å². The van der Waals surface area contributed by atoms with Gasteiger partial charge in [-0.25, -0.2) is 0 Å². The molecule has 0 amide bonds. The van der Waals surface area contributed by atoms with Gasteiger partial charge in [-0.3, -0.25) is 0 Å². The van der Waals surface area contributed by atoms with E-state index in [9.17, 15) is 0 Å². The molecule has 41 heavy (non-hydrogen) atoms. The smallest absolute Gasteiger partial charge is 0.184 e. The van der Waals surface area contributed by atoms with Gasteiger partial charge in [-0.2, -0.15) is 0 Å². The molecule has 2 fully saturated rings. The standard InChI is InChI=1S/C35H36O6/c1-5-13-26(14-6-1)21-36-24-30-32(37-22-27-15-7-2-8-16-27)34(38-23-28-17-9-3-10-18-28)33-31(40-30)25-39-35(41-33)29-19-11-4-12-20-29/h1-20,30-35H,21-25H2/t30-,31+,32-,33?,34+,35?/m1/s1. The highest BCUT2D eigenvalue weighted by atomic mass is 16.7. The van der Waals surface area contributed by atoms with Crippen molar-refractivity contribution in [3.05, 3.63) is 144 Å². The van der Waals surface area contributed by atoms with Gasteiger partial charge in [0.15, 0.2) is 6.29 Å². The summed E-state index contributed by atoms with van der Waals surface area (Å²) in [5.41, 5.74) is 4.23. The molecule has 4 aromatic rings. The van der Waals surface area contributed by atoms with Crippen molar-refractivity contribution in [1.82, 2.24) is 0 Å². The van der Waals surface area contributed by atoms with Crippen LogP contribution in [0.5, 0.6) is 0 Å². The van der Waals surface area contributed by atoms with E-state index < -0.39 is 18.5 Å². The lowest BCUT2D eigenvalue weighted by molar-refractivity contribution is -0.343. The lowest BCUT2D eigenvalue weighted by atomic mass is 9.93. The molecule has 212 valence electrons. The van der Waals surface area contributed by atoms with E-state index in [1.165, 1.54) is 0 Å². The number of rotatable bonds is 11. The molecule has 6 atom stereocenters. The predicted molar refractivity (Wildman–Crippen MR) is 155 cm³/mol. The van der Waals surface area contributed by atoms with Gasteiger partial charge in [-0.05, 0) is 16.7 Å². The third-order valence-electron chi connectivity index (χ3n) is 7.46. The van der Waals surface area contributed by atoms with Gasteiger partial charge in [-0.15, -0.1) is 0 Å². The van der Waals surface area contributed by atoms with E-state index in [2.05, 4.69) is 36.4 Å². The molecule has 0 N–H and O–H groups in total. The van der Waals surface area contributed by atoms with E-state index in [-0.39, 0.29) is 18.3 Å². The Balaban J connectivity index is 1.25. The van der Waals surface area contributed by atoms with Crippen molar-refractivity contribution < 1.29 is 28.4 Å². The Hall–Kier alpha value is -3.36. The monoisotopic (exact) mass is 552 g/mol. The molecule has 2 aliphatic rings. The summed E-state index contributed by atoms with van der Waals surface area (Å²) in [6.07, 6.45) is -2.42. The van der Waals surface area contributed by atoms with Crippen LogP contribution >= 0.6 is 0 Å². The molecule has 6 heteroatoms. The predicted octanol–water partition coefficient (Wildman–Crippen LogP) is 6.26.